The smallest absolute Gasteiger partial charge is 0.388 e. The fraction of sp³-hybridized carbons (Fsp3) is 0.375. The number of benzene rings is 1. The van der Waals surface area contributed by atoms with Gasteiger partial charge in [-0.3, -0.25) is 10.1 Å². The number of imide groups is 1. The van der Waals surface area contributed by atoms with Crippen molar-refractivity contribution in [2.24, 2.45) is 0 Å². The van der Waals surface area contributed by atoms with Gasteiger partial charge in [-0.15, -0.1) is 5.10 Å². The minimum atomic E-state index is -0.842. The maximum Gasteiger partial charge on any atom is 0.437 e. The number of nitrogens with one attached hydrogen (secondary N) is 2. The number of rotatable bonds is 4. The summed E-state index contributed by atoms with van der Waals surface area (Å²) in [4.78, 5) is 35.4. The van der Waals surface area contributed by atoms with E-state index in [2.05, 4.69) is 15.7 Å². The first kappa shape index (κ1) is 16.9. The topological polar surface area (TPSA) is 106 Å². The van der Waals surface area contributed by atoms with Gasteiger partial charge in [-0.1, -0.05) is 12.8 Å². The van der Waals surface area contributed by atoms with Crippen molar-refractivity contribution in [3.8, 4) is 11.5 Å². The number of carbonyl (C=O) groups is 2. The Kier molecular flexibility index (Phi) is 4.92. The Labute approximate surface area is 142 Å². The molecular weight excluding hydrogens is 331 g/mol. The summed E-state index contributed by atoms with van der Waals surface area (Å²) in [6, 6.07) is 4.70. The Morgan fingerprint density at radius 3 is 2.60 bits per heavy atom. The molecule has 1 fully saturated rings. The molecular formula is C16H17FN4O4. The molecule has 9 heteroatoms. The van der Waals surface area contributed by atoms with Crippen molar-refractivity contribution in [1.29, 1.82) is 0 Å². The van der Waals surface area contributed by atoms with E-state index < -0.39 is 30.1 Å². The Balaban J connectivity index is 1.60. The fourth-order valence-corrected chi connectivity index (χ4v) is 2.71. The van der Waals surface area contributed by atoms with Gasteiger partial charge in [0, 0.05) is 11.6 Å². The van der Waals surface area contributed by atoms with Crippen LogP contribution in [0.4, 0.5) is 9.18 Å². The zero-order valence-electron chi connectivity index (χ0n) is 13.3. The van der Waals surface area contributed by atoms with E-state index in [0.717, 1.165) is 30.4 Å². The molecule has 0 unspecified atom stereocenters. The molecule has 25 heavy (non-hydrogen) atoms. The molecule has 1 aliphatic rings. The Morgan fingerprint density at radius 1 is 1.24 bits per heavy atom. The minimum Gasteiger partial charge on any atom is -0.388 e. The maximum atomic E-state index is 12.9. The summed E-state index contributed by atoms with van der Waals surface area (Å²) < 4.78 is 18.7. The summed E-state index contributed by atoms with van der Waals surface area (Å²) in [7, 11) is 0. The molecule has 1 heterocycles. The molecule has 8 nitrogen and oxygen atoms in total. The van der Waals surface area contributed by atoms with Crippen LogP contribution in [0.2, 0.25) is 0 Å². The summed E-state index contributed by atoms with van der Waals surface area (Å²) in [5, 5.41) is 8.75. The van der Waals surface area contributed by atoms with Gasteiger partial charge < -0.3 is 9.73 Å². The summed E-state index contributed by atoms with van der Waals surface area (Å²) >= 11 is 0. The lowest BCUT2D eigenvalue weighted by Gasteiger charge is -2.11. The first-order chi connectivity index (χ1) is 12.0. The van der Waals surface area contributed by atoms with E-state index in [4.69, 9.17) is 4.42 Å². The first-order valence-electron chi connectivity index (χ1n) is 7.95. The second kappa shape index (κ2) is 7.29. The number of halogens is 1. The van der Waals surface area contributed by atoms with E-state index in [1.165, 1.54) is 24.3 Å². The Morgan fingerprint density at radius 2 is 1.92 bits per heavy atom. The van der Waals surface area contributed by atoms with Crippen LogP contribution in [0.3, 0.4) is 0 Å². The number of hydrogen-bond acceptors (Lipinski definition) is 5. The monoisotopic (exact) mass is 348 g/mol. The number of hydrogen-bond donors (Lipinski definition) is 2. The highest BCUT2D eigenvalue weighted by atomic mass is 19.1. The number of nitrogens with zero attached hydrogens (tertiary/aromatic N) is 2. The van der Waals surface area contributed by atoms with Crippen LogP contribution in [0, 0.1) is 5.82 Å². The third kappa shape index (κ3) is 4.31. The van der Waals surface area contributed by atoms with Crippen molar-refractivity contribution in [1.82, 2.24) is 20.4 Å². The van der Waals surface area contributed by atoms with Gasteiger partial charge in [0.15, 0.2) is 0 Å². The van der Waals surface area contributed by atoms with E-state index in [9.17, 15) is 18.8 Å². The molecule has 2 aromatic rings. The van der Waals surface area contributed by atoms with Crippen LogP contribution in [0.5, 0.6) is 0 Å². The highest BCUT2D eigenvalue weighted by Gasteiger charge is 2.19. The van der Waals surface area contributed by atoms with Gasteiger partial charge in [-0.05, 0) is 37.1 Å². The van der Waals surface area contributed by atoms with Crippen LogP contribution in [0.15, 0.2) is 33.5 Å². The average Bonchev–Trinajstić information content (AvgIpc) is 3.18. The van der Waals surface area contributed by atoms with Crippen molar-refractivity contribution in [3.05, 3.63) is 40.6 Å². The summed E-state index contributed by atoms with van der Waals surface area (Å²) in [6.07, 6.45) is 3.90. The second-order valence-electron chi connectivity index (χ2n) is 5.84. The molecule has 2 N–H and O–H groups in total. The quantitative estimate of drug-likeness (QED) is 0.869. The van der Waals surface area contributed by atoms with Crippen LogP contribution in [0.25, 0.3) is 11.5 Å². The van der Waals surface area contributed by atoms with Crippen LogP contribution < -0.4 is 16.4 Å². The van der Waals surface area contributed by atoms with E-state index in [1.807, 2.05) is 0 Å². The van der Waals surface area contributed by atoms with Crippen LogP contribution in [-0.2, 0) is 11.3 Å². The van der Waals surface area contributed by atoms with Gasteiger partial charge in [0.2, 0.25) is 11.8 Å². The van der Waals surface area contributed by atoms with Gasteiger partial charge in [0.25, 0.3) is 0 Å². The Hall–Kier alpha value is -2.97. The molecule has 0 atom stereocenters. The lowest BCUT2D eigenvalue weighted by molar-refractivity contribution is -0.120. The highest BCUT2D eigenvalue weighted by molar-refractivity contribution is 5.94. The largest absolute Gasteiger partial charge is 0.437 e. The zero-order chi connectivity index (χ0) is 17.8. The van der Waals surface area contributed by atoms with Crippen molar-refractivity contribution >= 4 is 11.9 Å². The number of carbonyl (C=O) groups excluding carboxylic acids is 2. The first-order valence-corrected chi connectivity index (χ1v) is 7.95. The predicted molar refractivity (Wildman–Crippen MR) is 85.1 cm³/mol. The van der Waals surface area contributed by atoms with E-state index in [1.54, 1.807) is 0 Å². The maximum absolute atomic E-state index is 12.9. The van der Waals surface area contributed by atoms with Gasteiger partial charge in [0.05, 0.1) is 0 Å². The molecule has 1 aliphatic carbocycles. The molecule has 0 spiro atoms. The number of aromatic nitrogens is 2. The Bertz CT molecular complexity index is 821. The van der Waals surface area contributed by atoms with Gasteiger partial charge in [0.1, 0.15) is 12.4 Å². The zero-order valence-corrected chi connectivity index (χ0v) is 13.3. The lowest BCUT2D eigenvalue weighted by Crippen LogP contribution is -2.45. The molecule has 1 aromatic carbocycles. The summed E-state index contributed by atoms with van der Waals surface area (Å²) in [5.74, 6) is -1.99. The third-order valence-electron chi connectivity index (χ3n) is 3.93. The highest BCUT2D eigenvalue weighted by Crippen LogP contribution is 2.17. The normalized spacial score (nSPS) is 14.4. The van der Waals surface area contributed by atoms with Crippen LogP contribution in [-0.4, -0.2) is 27.8 Å². The van der Waals surface area contributed by atoms with Crippen LogP contribution in [0.1, 0.15) is 25.7 Å². The van der Waals surface area contributed by atoms with Crippen molar-refractivity contribution in [2.75, 3.05) is 0 Å². The van der Waals surface area contributed by atoms with Crippen molar-refractivity contribution < 1.29 is 18.4 Å². The second-order valence-corrected chi connectivity index (χ2v) is 5.84. The summed E-state index contributed by atoms with van der Waals surface area (Å²) in [5.41, 5.74) is 0.400. The minimum absolute atomic E-state index is 0.0341. The molecule has 3 rings (SSSR count). The van der Waals surface area contributed by atoms with E-state index >= 15 is 0 Å². The average molecular weight is 348 g/mol. The van der Waals surface area contributed by atoms with Crippen molar-refractivity contribution in [3.63, 3.8) is 0 Å². The number of amides is 3. The standard InChI is InChI=1S/C16H17FN4O4/c17-11-7-5-10(6-8-11)14-20-21(16(24)25-14)9-13(22)19-15(23)18-12-3-1-2-4-12/h5-8,12H,1-4,9H2,(H2,18,19,22,23). The molecule has 0 saturated heterocycles. The van der Waals surface area contributed by atoms with Gasteiger partial charge in [-0.25, -0.2) is 14.0 Å². The van der Waals surface area contributed by atoms with E-state index in [-0.39, 0.29) is 11.9 Å². The molecule has 1 saturated carbocycles. The molecule has 3 amide bonds. The van der Waals surface area contributed by atoms with Crippen LogP contribution >= 0.6 is 0 Å². The predicted octanol–water partition coefficient (Wildman–Crippen LogP) is 1.41. The van der Waals surface area contributed by atoms with E-state index in [0.29, 0.717) is 5.56 Å². The fourth-order valence-electron chi connectivity index (χ4n) is 2.71. The molecule has 0 aliphatic heterocycles. The third-order valence-corrected chi connectivity index (χ3v) is 3.93. The molecule has 132 valence electrons. The SMILES string of the molecule is O=C(Cn1nc(-c2ccc(F)cc2)oc1=O)NC(=O)NC1CCCC1. The van der Waals surface area contributed by atoms with Gasteiger partial charge in [-0.2, -0.15) is 4.68 Å². The lowest BCUT2D eigenvalue weighted by atomic mass is 10.2. The molecule has 1 aromatic heterocycles. The summed E-state index contributed by atoms with van der Waals surface area (Å²) in [6.45, 7) is -0.457. The number of urea groups is 1. The molecule has 0 bridgehead atoms. The van der Waals surface area contributed by atoms with Crippen molar-refractivity contribution in [2.45, 2.75) is 38.3 Å². The molecule has 0 radical (unpaired) electrons. The van der Waals surface area contributed by atoms with Gasteiger partial charge >= 0.3 is 11.8 Å².